The molecule has 4 nitrogen and oxygen atoms in total. The molecular formula is C12H18N2O2. The number of anilines is 1. The number of ether oxygens (including phenoxy) is 1. The average Bonchev–Trinajstić information content (AvgIpc) is 2.08. The minimum atomic E-state index is -0.492. The molecule has 1 N–H and O–H groups in total. The van der Waals surface area contributed by atoms with E-state index in [2.05, 4.69) is 10.3 Å². The molecule has 0 saturated heterocycles. The van der Waals surface area contributed by atoms with Crippen molar-refractivity contribution in [2.75, 3.05) is 5.32 Å². The molecule has 0 aliphatic carbocycles. The zero-order valence-corrected chi connectivity index (χ0v) is 10.4. The van der Waals surface area contributed by atoms with E-state index in [-0.39, 0.29) is 0 Å². The molecule has 88 valence electrons. The fraction of sp³-hybridized carbons (Fsp3) is 0.500. The highest BCUT2D eigenvalue weighted by Crippen LogP contribution is 2.18. The van der Waals surface area contributed by atoms with Crippen LogP contribution in [-0.4, -0.2) is 16.7 Å². The van der Waals surface area contributed by atoms with E-state index in [9.17, 15) is 4.79 Å². The molecule has 0 aliphatic heterocycles. The summed E-state index contributed by atoms with van der Waals surface area (Å²) in [4.78, 5) is 15.7. The fourth-order valence-corrected chi connectivity index (χ4v) is 1.29. The van der Waals surface area contributed by atoms with Crippen LogP contribution in [0.4, 0.5) is 10.5 Å². The first-order valence-electron chi connectivity index (χ1n) is 5.22. The lowest BCUT2D eigenvalue weighted by molar-refractivity contribution is 0.0635. The Bertz CT molecular complexity index is 374. The number of aromatic nitrogens is 1. The Morgan fingerprint density at radius 1 is 1.38 bits per heavy atom. The molecule has 0 unspecified atom stereocenters. The van der Waals surface area contributed by atoms with Crippen LogP contribution in [0.2, 0.25) is 0 Å². The number of hydrogen-bond donors (Lipinski definition) is 1. The van der Waals surface area contributed by atoms with Crippen LogP contribution in [0, 0.1) is 13.8 Å². The number of carbonyl (C=O) groups is 1. The first-order chi connectivity index (χ1) is 7.29. The third kappa shape index (κ3) is 3.53. The van der Waals surface area contributed by atoms with Gasteiger partial charge in [-0.1, -0.05) is 0 Å². The smallest absolute Gasteiger partial charge is 0.412 e. The van der Waals surface area contributed by atoms with E-state index >= 15 is 0 Å². The van der Waals surface area contributed by atoms with E-state index in [1.807, 2.05) is 40.7 Å². The van der Waals surface area contributed by atoms with Crippen molar-refractivity contribution in [2.45, 2.75) is 40.2 Å². The molecule has 0 fully saturated rings. The van der Waals surface area contributed by atoms with Gasteiger partial charge in [0.2, 0.25) is 0 Å². The van der Waals surface area contributed by atoms with Gasteiger partial charge < -0.3 is 4.74 Å². The second-order valence-electron chi connectivity index (χ2n) is 4.72. The average molecular weight is 222 g/mol. The van der Waals surface area contributed by atoms with E-state index in [0.717, 1.165) is 16.9 Å². The summed E-state index contributed by atoms with van der Waals surface area (Å²) in [5.41, 5.74) is 1.98. The van der Waals surface area contributed by atoms with Gasteiger partial charge in [0.1, 0.15) is 5.60 Å². The Morgan fingerprint density at radius 2 is 2.00 bits per heavy atom. The van der Waals surface area contributed by atoms with Gasteiger partial charge in [0.15, 0.2) is 0 Å². The molecule has 1 aromatic rings. The third-order valence-electron chi connectivity index (χ3n) is 1.97. The van der Waals surface area contributed by atoms with Crippen LogP contribution in [0.1, 0.15) is 32.0 Å². The Kier molecular flexibility index (Phi) is 3.52. The summed E-state index contributed by atoms with van der Waals surface area (Å²) in [5, 5.41) is 2.71. The SMILES string of the molecule is Cc1ccnc(C)c1NC(=O)OC(C)(C)C. The normalized spacial score (nSPS) is 11.1. The van der Waals surface area contributed by atoms with Crippen molar-refractivity contribution in [1.82, 2.24) is 4.98 Å². The molecule has 16 heavy (non-hydrogen) atoms. The predicted octanol–water partition coefficient (Wildman–Crippen LogP) is 3.05. The third-order valence-corrected chi connectivity index (χ3v) is 1.97. The van der Waals surface area contributed by atoms with Crippen LogP contribution >= 0.6 is 0 Å². The summed E-state index contributed by atoms with van der Waals surface area (Å²) in [6.45, 7) is 9.25. The van der Waals surface area contributed by atoms with E-state index in [0.29, 0.717) is 0 Å². The lowest BCUT2D eigenvalue weighted by Gasteiger charge is -2.20. The van der Waals surface area contributed by atoms with E-state index < -0.39 is 11.7 Å². The molecule has 0 atom stereocenters. The Balaban J connectivity index is 2.78. The van der Waals surface area contributed by atoms with Crippen LogP contribution in [0.15, 0.2) is 12.3 Å². The number of rotatable bonds is 1. The maximum absolute atomic E-state index is 11.6. The van der Waals surface area contributed by atoms with Gasteiger partial charge in [-0.15, -0.1) is 0 Å². The molecule has 1 amide bonds. The summed E-state index contributed by atoms with van der Waals surface area (Å²) < 4.78 is 5.17. The van der Waals surface area contributed by atoms with Crippen molar-refractivity contribution in [3.05, 3.63) is 23.5 Å². The highest BCUT2D eigenvalue weighted by molar-refractivity contribution is 5.86. The summed E-state index contributed by atoms with van der Waals surface area (Å²) in [6.07, 6.45) is 1.26. The molecule has 1 aromatic heterocycles. The van der Waals surface area contributed by atoms with Crippen molar-refractivity contribution >= 4 is 11.8 Å². The molecular weight excluding hydrogens is 204 g/mol. The standard InChI is InChI=1S/C12H18N2O2/c1-8-6-7-13-9(2)10(8)14-11(15)16-12(3,4)5/h6-7H,1-5H3,(H,14,15). The number of nitrogens with zero attached hydrogens (tertiary/aromatic N) is 1. The van der Waals surface area contributed by atoms with Crippen LogP contribution in [0.5, 0.6) is 0 Å². The summed E-state index contributed by atoms with van der Waals surface area (Å²) >= 11 is 0. The van der Waals surface area contributed by atoms with Crippen molar-refractivity contribution in [3.8, 4) is 0 Å². The molecule has 0 radical (unpaired) electrons. The second-order valence-corrected chi connectivity index (χ2v) is 4.72. The molecule has 0 saturated carbocycles. The number of aryl methyl sites for hydroxylation is 2. The quantitative estimate of drug-likeness (QED) is 0.794. The first-order valence-corrected chi connectivity index (χ1v) is 5.22. The first kappa shape index (κ1) is 12.5. The maximum Gasteiger partial charge on any atom is 0.412 e. The van der Waals surface area contributed by atoms with Crippen molar-refractivity contribution in [1.29, 1.82) is 0 Å². The molecule has 1 rings (SSSR count). The van der Waals surface area contributed by atoms with Crippen molar-refractivity contribution in [2.24, 2.45) is 0 Å². The van der Waals surface area contributed by atoms with E-state index in [4.69, 9.17) is 4.74 Å². The van der Waals surface area contributed by atoms with Crippen molar-refractivity contribution in [3.63, 3.8) is 0 Å². The highest BCUT2D eigenvalue weighted by Gasteiger charge is 2.17. The van der Waals surface area contributed by atoms with Gasteiger partial charge in [-0.3, -0.25) is 10.3 Å². The molecule has 0 aromatic carbocycles. The molecule has 0 spiro atoms. The van der Waals surface area contributed by atoms with E-state index in [1.54, 1.807) is 6.20 Å². The number of amides is 1. The van der Waals surface area contributed by atoms with Crippen LogP contribution in [0.25, 0.3) is 0 Å². The number of hydrogen-bond acceptors (Lipinski definition) is 3. The van der Waals surface area contributed by atoms with Crippen LogP contribution < -0.4 is 5.32 Å². The van der Waals surface area contributed by atoms with Crippen LogP contribution in [-0.2, 0) is 4.74 Å². The highest BCUT2D eigenvalue weighted by atomic mass is 16.6. The minimum absolute atomic E-state index is 0.452. The van der Waals surface area contributed by atoms with Gasteiger partial charge in [0, 0.05) is 6.20 Å². The molecule has 4 heteroatoms. The monoisotopic (exact) mass is 222 g/mol. The van der Waals surface area contributed by atoms with Gasteiger partial charge in [-0.05, 0) is 46.2 Å². The number of nitrogens with one attached hydrogen (secondary N) is 1. The summed E-state index contributed by atoms with van der Waals surface area (Å²) in [6, 6.07) is 1.85. The number of pyridine rings is 1. The molecule has 0 bridgehead atoms. The molecule has 1 heterocycles. The topological polar surface area (TPSA) is 51.2 Å². The predicted molar refractivity (Wildman–Crippen MR) is 63.6 cm³/mol. The fourth-order valence-electron chi connectivity index (χ4n) is 1.29. The summed E-state index contributed by atoms with van der Waals surface area (Å²) in [7, 11) is 0. The molecule has 0 aliphatic rings. The Morgan fingerprint density at radius 3 is 2.50 bits per heavy atom. The lowest BCUT2D eigenvalue weighted by Crippen LogP contribution is -2.27. The Labute approximate surface area is 96.0 Å². The maximum atomic E-state index is 11.6. The zero-order chi connectivity index (χ0) is 12.3. The zero-order valence-electron chi connectivity index (χ0n) is 10.4. The van der Waals surface area contributed by atoms with Gasteiger partial charge in [0.25, 0.3) is 0 Å². The van der Waals surface area contributed by atoms with Gasteiger partial charge in [-0.25, -0.2) is 4.79 Å². The van der Waals surface area contributed by atoms with Crippen molar-refractivity contribution < 1.29 is 9.53 Å². The Hall–Kier alpha value is -1.58. The van der Waals surface area contributed by atoms with Gasteiger partial charge in [0.05, 0.1) is 11.4 Å². The van der Waals surface area contributed by atoms with Gasteiger partial charge in [-0.2, -0.15) is 0 Å². The largest absolute Gasteiger partial charge is 0.444 e. The van der Waals surface area contributed by atoms with E-state index in [1.165, 1.54) is 0 Å². The second kappa shape index (κ2) is 4.51. The minimum Gasteiger partial charge on any atom is -0.444 e. The summed E-state index contributed by atoms with van der Waals surface area (Å²) in [5.74, 6) is 0. The lowest BCUT2D eigenvalue weighted by atomic mass is 10.2. The van der Waals surface area contributed by atoms with Gasteiger partial charge >= 0.3 is 6.09 Å². The van der Waals surface area contributed by atoms with Crippen LogP contribution in [0.3, 0.4) is 0 Å². The number of carbonyl (C=O) groups excluding carboxylic acids is 1.